The quantitative estimate of drug-likeness (QED) is 0.158. The Morgan fingerprint density at radius 1 is 0.556 bits per heavy atom. The summed E-state index contributed by atoms with van der Waals surface area (Å²) in [4.78, 5) is 37.6. The summed E-state index contributed by atoms with van der Waals surface area (Å²) in [6.45, 7) is 2.20. The lowest BCUT2D eigenvalue weighted by atomic mass is 9.96. The van der Waals surface area contributed by atoms with Crippen LogP contribution in [0.2, 0.25) is 0 Å². The molecule has 2 fully saturated rings. The molecule has 0 radical (unpaired) electrons. The molecule has 54 heavy (non-hydrogen) atoms. The van der Waals surface area contributed by atoms with E-state index in [1.807, 2.05) is 0 Å². The Kier molecular flexibility index (Phi) is 10.9. The molecule has 6 aromatic rings. The monoisotopic (exact) mass is 738 g/mol. The zero-order chi connectivity index (χ0) is 37.6. The topological polar surface area (TPSA) is 118 Å². The zero-order valence-corrected chi connectivity index (χ0v) is 28.9. The van der Waals surface area contributed by atoms with Crippen LogP contribution in [0.15, 0.2) is 106 Å². The molecule has 2 atom stereocenters. The number of likely N-dealkylation sites (tertiary alicyclic amines) is 2. The van der Waals surface area contributed by atoms with Crippen LogP contribution < -0.4 is 0 Å². The van der Waals surface area contributed by atoms with E-state index >= 15 is 0 Å². The highest BCUT2D eigenvalue weighted by atomic mass is 19.1. The summed E-state index contributed by atoms with van der Waals surface area (Å²) in [6, 6.07) is 22.8. The van der Waals surface area contributed by atoms with Gasteiger partial charge >= 0.3 is 0 Å². The Labute approximate surface area is 307 Å². The second kappa shape index (κ2) is 16.2. The smallest absolute Gasteiger partial charge is 0.257 e. The first-order valence-electron chi connectivity index (χ1n) is 17.5. The van der Waals surface area contributed by atoms with Crippen LogP contribution in [0, 0.1) is 23.3 Å². The number of hydrogen-bond acceptors (Lipinski definition) is 8. The number of halogens is 4. The maximum Gasteiger partial charge on any atom is 0.257 e. The lowest BCUT2D eigenvalue weighted by Crippen LogP contribution is -2.39. The minimum atomic E-state index is -0.373. The van der Waals surface area contributed by atoms with Gasteiger partial charge in [0, 0.05) is 54.4 Å². The molecule has 8 rings (SSSR count). The molecule has 0 bridgehead atoms. The molecule has 0 spiro atoms. The average Bonchev–Trinajstić information content (AvgIpc) is 3.91. The number of carbonyl (C=O) groups is 2. The van der Waals surface area contributed by atoms with Gasteiger partial charge in [-0.25, -0.2) is 17.6 Å². The summed E-state index contributed by atoms with van der Waals surface area (Å²) in [5.41, 5.74) is 2.22. The number of piperidine rings is 2. The van der Waals surface area contributed by atoms with E-state index in [0.717, 1.165) is 25.7 Å². The van der Waals surface area contributed by atoms with Crippen molar-refractivity contribution in [2.75, 3.05) is 26.2 Å². The first-order valence-corrected chi connectivity index (χ1v) is 17.5. The van der Waals surface area contributed by atoms with Gasteiger partial charge in [-0.1, -0.05) is 10.3 Å². The fourth-order valence-electron chi connectivity index (χ4n) is 6.51. The number of hydrogen-bond donors (Lipinski definition) is 0. The normalized spacial score (nSPS) is 17.1. The Morgan fingerprint density at radius 2 is 1.02 bits per heavy atom. The molecule has 2 aliphatic rings. The van der Waals surface area contributed by atoms with E-state index in [1.165, 1.54) is 72.8 Å². The standard InChI is InChI=1S/2C20H17F2N3O2/c21-16-7-3-13(4-8-16)19-23-18(24-27-19)15-2-1-11-25(12-15)20(26)14-5-9-17(22)10-6-14;21-16-7-3-13(4-8-16)18-23-19(27-24-18)15-2-1-11-25(12-15)20(26)14-5-9-17(22)10-6-14/h2*3-10,15H,1-2,11-12H2/t;15-/m.1/s1. The zero-order valence-electron chi connectivity index (χ0n) is 28.9. The largest absolute Gasteiger partial charge is 0.339 e. The molecule has 2 amide bonds. The second-order valence-corrected chi connectivity index (χ2v) is 13.1. The third kappa shape index (κ3) is 8.54. The van der Waals surface area contributed by atoms with Gasteiger partial charge in [-0.3, -0.25) is 9.59 Å². The van der Waals surface area contributed by atoms with Crippen molar-refractivity contribution in [2.45, 2.75) is 37.5 Å². The Bertz CT molecular complexity index is 2030. The summed E-state index contributed by atoms with van der Waals surface area (Å²) < 4.78 is 62.9. The van der Waals surface area contributed by atoms with E-state index in [-0.39, 0.29) is 46.9 Å². The van der Waals surface area contributed by atoms with Gasteiger partial charge in [-0.15, -0.1) is 0 Å². The van der Waals surface area contributed by atoms with Crippen LogP contribution in [0.5, 0.6) is 0 Å². The van der Waals surface area contributed by atoms with Gasteiger partial charge in [-0.05, 0) is 123 Å². The van der Waals surface area contributed by atoms with Crippen molar-refractivity contribution in [1.82, 2.24) is 30.1 Å². The van der Waals surface area contributed by atoms with Crippen molar-refractivity contribution >= 4 is 11.8 Å². The number of benzene rings is 4. The van der Waals surface area contributed by atoms with Crippen molar-refractivity contribution in [3.8, 4) is 22.8 Å². The summed E-state index contributed by atoms with van der Waals surface area (Å²) in [7, 11) is 0. The number of amides is 2. The van der Waals surface area contributed by atoms with Crippen molar-refractivity contribution < 1.29 is 36.2 Å². The minimum Gasteiger partial charge on any atom is -0.339 e. The van der Waals surface area contributed by atoms with Crippen LogP contribution in [-0.4, -0.2) is 68.1 Å². The van der Waals surface area contributed by atoms with Gasteiger partial charge in [0.25, 0.3) is 17.7 Å². The Morgan fingerprint density at radius 3 is 1.56 bits per heavy atom. The van der Waals surface area contributed by atoms with Crippen molar-refractivity contribution in [1.29, 1.82) is 0 Å². The van der Waals surface area contributed by atoms with Crippen LogP contribution in [-0.2, 0) is 0 Å². The molecule has 4 heterocycles. The maximum absolute atomic E-state index is 13.1. The average molecular weight is 739 g/mol. The van der Waals surface area contributed by atoms with Crippen molar-refractivity contribution in [2.24, 2.45) is 0 Å². The minimum absolute atomic E-state index is 0.0407. The lowest BCUT2D eigenvalue weighted by Gasteiger charge is -2.31. The van der Waals surface area contributed by atoms with Gasteiger partial charge in [0.2, 0.25) is 11.7 Å². The summed E-state index contributed by atoms with van der Waals surface area (Å²) >= 11 is 0. The number of aromatic nitrogens is 4. The predicted molar refractivity (Wildman–Crippen MR) is 188 cm³/mol. The van der Waals surface area contributed by atoms with Crippen LogP contribution in [0.3, 0.4) is 0 Å². The van der Waals surface area contributed by atoms with Gasteiger partial charge in [0.1, 0.15) is 23.3 Å². The number of nitrogens with zero attached hydrogens (tertiary/aromatic N) is 6. The molecular weight excluding hydrogens is 704 g/mol. The Hall–Kier alpha value is -6.18. The first-order chi connectivity index (χ1) is 26.2. The van der Waals surface area contributed by atoms with Gasteiger partial charge < -0.3 is 18.8 Å². The van der Waals surface area contributed by atoms with E-state index in [2.05, 4.69) is 20.3 Å². The lowest BCUT2D eigenvalue weighted by molar-refractivity contribution is 0.0691. The molecular formula is C40H34F4N6O4. The molecule has 0 N–H and O–H groups in total. The summed E-state index contributed by atoms with van der Waals surface area (Å²) in [5, 5.41) is 8.02. The third-order valence-electron chi connectivity index (χ3n) is 9.39. The van der Waals surface area contributed by atoms with E-state index in [0.29, 0.717) is 71.9 Å². The molecule has 0 saturated carbocycles. The summed E-state index contributed by atoms with van der Waals surface area (Å²) in [6.07, 6.45) is 3.30. The van der Waals surface area contributed by atoms with Crippen LogP contribution in [0.4, 0.5) is 17.6 Å². The first kappa shape index (κ1) is 36.2. The van der Waals surface area contributed by atoms with Crippen LogP contribution in [0.1, 0.15) is 70.0 Å². The highest BCUT2D eigenvalue weighted by Crippen LogP contribution is 2.30. The van der Waals surface area contributed by atoms with Gasteiger partial charge in [-0.2, -0.15) is 9.97 Å². The fraction of sp³-hybridized carbons (Fsp3) is 0.250. The maximum atomic E-state index is 13.1. The van der Waals surface area contributed by atoms with E-state index in [9.17, 15) is 27.2 Å². The predicted octanol–water partition coefficient (Wildman–Crippen LogP) is 8.07. The molecule has 14 heteroatoms. The second-order valence-electron chi connectivity index (χ2n) is 13.1. The van der Waals surface area contributed by atoms with E-state index < -0.39 is 0 Å². The van der Waals surface area contributed by atoms with Crippen LogP contribution >= 0.6 is 0 Å². The highest BCUT2D eigenvalue weighted by Gasteiger charge is 2.30. The third-order valence-corrected chi connectivity index (χ3v) is 9.39. The molecule has 4 aromatic carbocycles. The van der Waals surface area contributed by atoms with Gasteiger partial charge in [0.05, 0.1) is 5.92 Å². The molecule has 1 unspecified atom stereocenters. The summed E-state index contributed by atoms with van der Waals surface area (Å²) in [5.74, 6) is -0.0717. The molecule has 276 valence electrons. The van der Waals surface area contributed by atoms with E-state index in [4.69, 9.17) is 9.05 Å². The number of carbonyl (C=O) groups excluding carboxylic acids is 2. The molecule has 0 aliphatic carbocycles. The molecule has 2 saturated heterocycles. The van der Waals surface area contributed by atoms with E-state index in [1.54, 1.807) is 34.1 Å². The van der Waals surface area contributed by atoms with Crippen molar-refractivity contribution in [3.05, 3.63) is 143 Å². The fourth-order valence-corrected chi connectivity index (χ4v) is 6.51. The molecule has 2 aliphatic heterocycles. The van der Waals surface area contributed by atoms with Crippen molar-refractivity contribution in [3.63, 3.8) is 0 Å². The SMILES string of the molecule is O=C(c1ccc(F)cc1)N1CCCC(c2noc(-c3ccc(F)cc3)n2)C1.O=C(c1ccc(F)cc1)N1CCC[C@@H](c2nc(-c3ccc(F)cc3)no2)C1. The molecule has 10 nitrogen and oxygen atoms in total. The molecule has 2 aromatic heterocycles. The Balaban J connectivity index is 0.000000167. The highest BCUT2D eigenvalue weighted by molar-refractivity contribution is 5.94. The van der Waals surface area contributed by atoms with Gasteiger partial charge in [0.15, 0.2) is 5.82 Å². The number of rotatable bonds is 6. The van der Waals surface area contributed by atoms with Crippen LogP contribution in [0.25, 0.3) is 22.8 Å².